The molecule has 0 bridgehead atoms. The summed E-state index contributed by atoms with van der Waals surface area (Å²) in [5.74, 6) is -4.41. The molecule has 4 N–H and O–H groups in total. The van der Waals surface area contributed by atoms with Crippen molar-refractivity contribution < 1.29 is 34.1 Å². The van der Waals surface area contributed by atoms with E-state index in [0.717, 1.165) is 11.1 Å². The summed E-state index contributed by atoms with van der Waals surface area (Å²) in [6.45, 7) is 3.04. The molecule has 0 saturated carbocycles. The molecule has 6 atom stereocenters. The van der Waals surface area contributed by atoms with Crippen molar-refractivity contribution in [3.8, 4) is 5.75 Å². The normalized spacial score (nSPS) is 25.1. The van der Waals surface area contributed by atoms with Crippen molar-refractivity contribution in [3.63, 3.8) is 0 Å². The van der Waals surface area contributed by atoms with Crippen LogP contribution in [0.25, 0.3) is 0 Å². The van der Waals surface area contributed by atoms with Gasteiger partial charge in [-0.05, 0) is 43.5 Å². The first kappa shape index (κ1) is 31.2. The molecule has 11 heteroatoms. The van der Waals surface area contributed by atoms with E-state index in [-0.39, 0.29) is 24.3 Å². The standard InChI is InChI=1S/C32H36N4O7/c1-19-28(38)23(17-21-11-6-4-7-12-21)34-29(39)26(35-30(40)27-24(37)15-10-16-33-27)20(2)36(3)31(41)25(43-32(19)42)18-22-13-8-5-9-14-22/h4-16,19-20,23,25-26,28,37-38H,17-18H2,1-3H3,(H,34,39)(H,35,40)/t19-,20-,23+,25?,26+,28+/m1/s1. The monoisotopic (exact) mass is 588 g/mol. The molecule has 1 fully saturated rings. The average Bonchev–Trinajstić information content (AvgIpc) is 3.01. The van der Waals surface area contributed by atoms with Crippen LogP contribution in [0.1, 0.15) is 35.5 Å². The first-order chi connectivity index (χ1) is 20.6. The van der Waals surface area contributed by atoms with E-state index in [9.17, 15) is 29.4 Å². The van der Waals surface area contributed by atoms with Gasteiger partial charge in [0.2, 0.25) is 5.91 Å². The van der Waals surface area contributed by atoms with Crippen molar-refractivity contribution in [1.29, 1.82) is 0 Å². The fraction of sp³-hybridized carbons (Fsp3) is 0.344. The van der Waals surface area contributed by atoms with Crippen molar-refractivity contribution >= 4 is 23.7 Å². The number of carbonyl (C=O) groups excluding carboxylic acids is 4. The van der Waals surface area contributed by atoms with Crippen LogP contribution in [0.5, 0.6) is 5.75 Å². The van der Waals surface area contributed by atoms with Gasteiger partial charge in [-0.3, -0.25) is 19.2 Å². The Hall–Kier alpha value is -4.77. The van der Waals surface area contributed by atoms with Gasteiger partial charge in [0.05, 0.1) is 24.1 Å². The largest absolute Gasteiger partial charge is 0.505 e. The zero-order chi connectivity index (χ0) is 31.1. The minimum Gasteiger partial charge on any atom is -0.505 e. The molecule has 1 saturated heterocycles. The average molecular weight is 589 g/mol. The number of aliphatic hydroxyl groups is 1. The second-order valence-corrected chi connectivity index (χ2v) is 10.7. The number of esters is 1. The fourth-order valence-electron chi connectivity index (χ4n) is 4.98. The predicted molar refractivity (Wildman–Crippen MR) is 157 cm³/mol. The fourth-order valence-corrected chi connectivity index (χ4v) is 4.98. The summed E-state index contributed by atoms with van der Waals surface area (Å²) in [7, 11) is 1.45. The maximum absolute atomic E-state index is 13.9. The zero-order valence-electron chi connectivity index (χ0n) is 24.2. The minimum absolute atomic E-state index is 0.0593. The van der Waals surface area contributed by atoms with Gasteiger partial charge in [-0.25, -0.2) is 4.98 Å². The molecule has 1 aromatic heterocycles. The number of cyclic esters (lactones) is 1. The molecule has 3 aromatic rings. The van der Waals surface area contributed by atoms with E-state index in [4.69, 9.17) is 4.74 Å². The van der Waals surface area contributed by atoms with Crippen molar-refractivity contribution in [2.75, 3.05) is 7.05 Å². The number of nitrogens with one attached hydrogen (secondary N) is 2. The van der Waals surface area contributed by atoms with E-state index in [1.165, 1.54) is 37.2 Å². The molecule has 4 rings (SSSR count). The van der Waals surface area contributed by atoms with Crippen LogP contribution < -0.4 is 10.6 Å². The van der Waals surface area contributed by atoms with Gasteiger partial charge in [-0.15, -0.1) is 0 Å². The van der Waals surface area contributed by atoms with Crippen LogP contribution in [-0.4, -0.2) is 81.2 Å². The van der Waals surface area contributed by atoms with E-state index in [2.05, 4.69) is 15.6 Å². The highest BCUT2D eigenvalue weighted by molar-refractivity contribution is 5.98. The third kappa shape index (κ3) is 7.55. The molecular formula is C32H36N4O7. The molecule has 1 aliphatic rings. The third-order valence-corrected chi connectivity index (χ3v) is 7.73. The summed E-state index contributed by atoms with van der Waals surface area (Å²) in [4.78, 5) is 59.3. The van der Waals surface area contributed by atoms with Crippen molar-refractivity contribution in [2.24, 2.45) is 5.92 Å². The van der Waals surface area contributed by atoms with Gasteiger partial charge in [-0.1, -0.05) is 60.7 Å². The summed E-state index contributed by atoms with van der Waals surface area (Å²) in [6.07, 6.45) is -1.10. The number of aromatic hydroxyl groups is 1. The summed E-state index contributed by atoms with van der Waals surface area (Å²) in [5.41, 5.74) is 1.24. The van der Waals surface area contributed by atoms with Gasteiger partial charge in [0.1, 0.15) is 11.8 Å². The third-order valence-electron chi connectivity index (χ3n) is 7.73. The van der Waals surface area contributed by atoms with Gasteiger partial charge >= 0.3 is 5.97 Å². The van der Waals surface area contributed by atoms with Gasteiger partial charge < -0.3 is 30.5 Å². The number of ether oxygens (including phenoxy) is 1. The summed E-state index contributed by atoms with van der Waals surface area (Å²) >= 11 is 0. The molecule has 0 aliphatic carbocycles. The first-order valence-corrected chi connectivity index (χ1v) is 14.0. The van der Waals surface area contributed by atoms with E-state index < -0.39 is 59.9 Å². The Balaban J connectivity index is 1.73. The molecule has 43 heavy (non-hydrogen) atoms. The Morgan fingerprint density at radius 3 is 2.16 bits per heavy atom. The van der Waals surface area contributed by atoms with E-state index in [0.29, 0.717) is 0 Å². The van der Waals surface area contributed by atoms with Gasteiger partial charge in [0, 0.05) is 19.7 Å². The molecule has 11 nitrogen and oxygen atoms in total. The number of aromatic nitrogens is 1. The number of nitrogens with zero attached hydrogens (tertiary/aromatic N) is 2. The van der Waals surface area contributed by atoms with Crippen LogP contribution in [0, 0.1) is 5.92 Å². The highest BCUT2D eigenvalue weighted by atomic mass is 16.5. The zero-order valence-corrected chi connectivity index (χ0v) is 24.2. The van der Waals surface area contributed by atoms with Crippen molar-refractivity contribution in [2.45, 2.75) is 57.0 Å². The highest BCUT2D eigenvalue weighted by Crippen LogP contribution is 2.21. The number of benzene rings is 2. The van der Waals surface area contributed by atoms with Gasteiger partial charge in [0.15, 0.2) is 11.8 Å². The number of amides is 3. The van der Waals surface area contributed by atoms with Crippen LogP contribution in [0.4, 0.5) is 0 Å². The Bertz CT molecular complexity index is 1440. The maximum Gasteiger partial charge on any atom is 0.312 e. The minimum atomic E-state index is -1.40. The Kier molecular flexibility index (Phi) is 10.1. The molecule has 1 aliphatic heterocycles. The Labute approximate surface area is 249 Å². The number of rotatable bonds is 6. The van der Waals surface area contributed by atoms with Crippen LogP contribution >= 0.6 is 0 Å². The van der Waals surface area contributed by atoms with Crippen molar-refractivity contribution in [1.82, 2.24) is 20.5 Å². The number of hydrogen-bond acceptors (Lipinski definition) is 8. The van der Waals surface area contributed by atoms with Crippen LogP contribution in [-0.2, 0) is 32.0 Å². The molecular weight excluding hydrogens is 552 g/mol. The predicted octanol–water partition coefficient (Wildman–Crippen LogP) is 1.63. The number of likely N-dealkylation sites (N-methyl/N-ethyl adjacent to an activating group) is 1. The van der Waals surface area contributed by atoms with Gasteiger partial charge in [0.25, 0.3) is 11.8 Å². The lowest BCUT2D eigenvalue weighted by atomic mass is 9.92. The molecule has 1 unspecified atom stereocenters. The van der Waals surface area contributed by atoms with E-state index in [1.54, 1.807) is 31.2 Å². The quantitative estimate of drug-likeness (QED) is 0.317. The molecule has 0 radical (unpaired) electrons. The number of carbonyl (C=O) groups is 4. The highest BCUT2D eigenvalue weighted by Gasteiger charge is 2.41. The molecule has 3 amide bonds. The topological polar surface area (TPSA) is 158 Å². The molecule has 226 valence electrons. The van der Waals surface area contributed by atoms with Crippen LogP contribution in [0.2, 0.25) is 0 Å². The maximum atomic E-state index is 13.9. The number of pyridine rings is 1. The lowest BCUT2D eigenvalue weighted by Crippen LogP contribution is -2.62. The molecule has 2 aromatic carbocycles. The van der Waals surface area contributed by atoms with Gasteiger partial charge in [-0.2, -0.15) is 0 Å². The Morgan fingerprint density at radius 2 is 1.56 bits per heavy atom. The second-order valence-electron chi connectivity index (χ2n) is 10.7. The summed E-state index contributed by atoms with van der Waals surface area (Å²) in [6, 6.07) is 17.6. The number of aliphatic hydroxyl groups excluding tert-OH is 1. The summed E-state index contributed by atoms with van der Waals surface area (Å²) in [5, 5.41) is 27.0. The number of hydrogen-bond donors (Lipinski definition) is 4. The lowest BCUT2D eigenvalue weighted by molar-refractivity contribution is -0.167. The smallest absolute Gasteiger partial charge is 0.312 e. The second kappa shape index (κ2) is 13.9. The van der Waals surface area contributed by atoms with Crippen LogP contribution in [0.3, 0.4) is 0 Å². The summed E-state index contributed by atoms with van der Waals surface area (Å²) < 4.78 is 5.73. The first-order valence-electron chi connectivity index (χ1n) is 14.0. The van der Waals surface area contributed by atoms with Crippen LogP contribution in [0.15, 0.2) is 79.0 Å². The van der Waals surface area contributed by atoms with Crippen molar-refractivity contribution in [3.05, 3.63) is 95.8 Å². The van der Waals surface area contributed by atoms with E-state index >= 15 is 0 Å². The SMILES string of the molecule is C[C@@H]1[C@H](NC(=O)c2ncccc2O)C(=O)N[C@@H](Cc2ccccc2)[C@@H](O)[C@@H](C)C(=O)OC(Cc2ccccc2)C(=O)N1C. The Morgan fingerprint density at radius 1 is 0.953 bits per heavy atom. The molecule has 0 spiro atoms. The lowest BCUT2D eigenvalue weighted by Gasteiger charge is -2.37. The molecule has 2 heterocycles. The van der Waals surface area contributed by atoms with E-state index in [1.807, 2.05) is 36.4 Å².